The van der Waals surface area contributed by atoms with E-state index in [1.807, 2.05) is 20.8 Å². The highest BCUT2D eigenvalue weighted by Crippen LogP contribution is 2.31. The topological polar surface area (TPSA) is 88.1 Å². The molecule has 0 saturated carbocycles. The Balaban J connectivity index is 2.55. The van der Waals surface area contributed by atoms with Gasteiger partial charge in [0.25, 0.3) is 0 Å². The van der Waals surface area contributed by atoms with Gasteiger partial charge in [-0.2, -0.15) is 0 Å². The molecule has 0 bridgehead atoms. The Morgan fingerprint density at radius 2 is 1.79 bits per heavy atom. The van der Waals surface area contributed by atoms with Crippen molar-refractivity contribution in [1.82, 2.24) is 10.2 Å². The van der Waals surface area contributed by atoms with Gasteiger partial charge in [-0.1, -0.05) is 13.8 Å². The van der Waals surface area contributed by atoms with Gasteiger partial charge >= 0.3 is 14.3 Å². The Kier molecular flexibility index (Phi) is 8.20. The van der Waals surface area contributed by atoms with Crippen LogP contribution in [0.1, 0.15) is 60.3 Å². The number of ether oxygens (including phenoxy) is 1. The van der Waals surface area contributed by atoms with Crippen LogP contribution in [0.3, 0.4) is 0 Å². The number of hydrogen-bond acceptors (Lipinski definition) is 5. The van der Waals surface area contributed by atoms with E-state index < -0.39 is 13.9 Å². The number of carbonyl (C=O) groups excluding carboxylic acids is 1. The van der Waals surface area contributed by atoms with Gasteiger partial charge in [-0.15, -0.1) is 0 Å². The van der Waals surface area contributed by atoms with E-state index in [-0.39, 0.29) is 24.3 Å². The van der Waals surface area contributed by atoms with Crippen molar-refractivity contribution in [3.63, 3.8) is 0 Å². The van der Waals surface area contributed by atoms with E-state index in [4.69, 9.17) is 14.2 Å². The summed E-state index contributed by atoms with van der Waals surface area (Å²) in [6.07, 6.45) is 2.98. The van der Waals surface area contributed by atoms with E-state index in [1.54, 1.807) is 0 Å². The van der Waals surface area contributed by atoms with Crippen molar-refractivity contribution in [2.75, 3.05) is 19.7 Å². The predicted molar refractivity (Wildman–Crippen MR) is 94.5 cm³/mol. The molecule has 1 heterocycles. The lowest BCUT2D eigenvalue weighted by atomic mass is 9.88. The fourth-order valence-electron chi connectivity index (χ4n) is 3.16. The second-order valence-electron chi connectivity index (χ2n) is 7.39. The standard InChI is InChI=1S/C16H33N2O5P/c1-6-16(7-2,12-22-24(20)21)18-10-8-13(9-11-18)17-14(19)23-15(3,4)5/h13,24H,6-12H2,1-5H3,(H,17,19)(H,20,21). The molecule has 8 heteroatoms. The highest BCUT2D eigenvalue weighted by atomic mass is 31.1. The van der Waals surface area contributed by atoms with Crippen LogP contribution in [-0.4, -0.2) is 52.8 Å². The normalized spacial score (nSPS) is 19.1. The molecule has 1 rings (SSSR count). The molecule has 0 spiro atoms. The van der Waals surface area contributed by atoms with E-state index in [1.165, 1.54) is 0 Å². The average Bonchev–Trinajstić information content (AvgIpc) is 2.48. The van der Waals surface area contributed by atoms with E-state index in [0.29, 0.717) is 0 Å². The monoisotopic (exact) mass is 364 g/mol. The van der Waals surface area contributed by atoms with Crippen LogP contribution in [0.2, 0.25) is 0 Å². The van der Waals surface area contributed by atoms with Gasteiger partial charge in [0.1, 0.15) is 5.60 Å². The van der Waals surface area contributed by atoms with Crippen LogP contribution in [0, 0.1) is 0 Å². The first-order chi connectivity index (χ1) is 11.1. The van der Waals surface area contributed by atoms with Crippen molar-refractivity contribution in [2.24, 2.45) is 0 Å². The lowest BCUT2D eigenvalue weighted by Crippen LogP contribution is -2.56. The number of hydrogen-bond donors (Lipinski definition) is 2. The maximum absolute atomic E-state index is 11.9. The number of likely N-dealkylation sites (tertiary alicyclic amines) is 1. The van der Waals surface area contributed by atoms with Crippen molar-refractivity contribution in [3.8, 4) is 0 Å². The number of piperidine rings is 1. The first kappa shape index (κ1) is 21.4. The van der Waals surface area contributed by atoms with Crippen LogP contribution in [0.5, 0.6) is 0 Å². The Labute approximate surface area is 146 Å². The Morgan fingerprint density at radius 3 is 2.21 bits per heavy atom. The number of nitrogens with zero attached hydrogens (tertiary/aromatic N) is 1. The van der Waals surface area contributed by atoms with Crippen molar-refractivity contribution < 1.29 is 23.5 Å². The summed E-state index contributed by atoms with van der Waals surface area (Å²) in [4.78, 5) is 23.2. The molecular weight excluding hydrogens is 331 g/mol. The lowest BCUT2D eigenvalue weighted by Gasteiger charge is -2.46. The third-order valence-electron chi connectivity index (χ3n) is 4.67. The van der Waals surface area contributed by atoms with Gasteiger partial charge in [0, 0.05) is 24.7 Å². The molecule has 142 valence electrons. The molecule has 1 fully saturated rings. The maximum atomic E-state index is 11.9. The van der Waals surface area contributed by atoms with Gasteiger partial charge in [0.15, 0.2) is 0 Å². The molecule has 1 aliphatic heterocycles. The molecule has 0 aliphatic carbocycles. The Bertz CT molecular complexity index is 427. The SMILES string of the molecule is CCC(CC)(CO[PH](=O)O)N1CCC(NC(=O)OC(C)(C)C)CC1. The second kappa shape index (κ2) is 9.18. The third kappa shape index (κ3) is 6.71. The molecule has 0 aromatic heterocycles. The van der Waals surface area contributed by atoms with E-state index >= 15 is 0 Å². The summed E-state index contributed by atoms with van der Waals surface area (Å²) >= 11 is 0. The zero-order valence-corrected chi connectivity index (χ0v) is 16.6. The Morgan fingerprint density at radius 1 is 1.25 bits per heavy atom. The highest BCUT2D eigenvalue weighted by molar-refractivity contribution is 7.32. The average molecular weight is 364 g/mol. The lowest BCUT2D eigenvalue weighted by molar-refractivity contribution is 0.00787. The molecule has 0 aromatic rings. The van der Waals surface area contributed by atoms with Gasteiger partial charge in [-0.3, -0.25) is 9.46 Å². The molecule has 1 atom stereocenters. The second-order valence-corrected chi connectivity index (χ2v) is 8.21. The van der Waals surface area contributed by atoms with Crippen LogP contribution in [-0.2, 0) is 13.8 Å². The fraction of sp³-hybridized carbons (Fsp3) is 0.938. The van der Waals surface area contributed by atoms with Gasteiger partial charge in [-0.05, 0) is 46.5 Å². The van der Waals surface area contributed by atoms with Crippen molar-refractivity contribution >= 4 is 14.3 Å². The van der Waals surface area contributed by atoms with Gasteiger partial charge < -0.3 is 19.5 Å². The van der Waals surface area contributed by atoms with Crippen LogP contribution < -0.4 is 5.32 Å². The molecule has 1 aliphatic rings. The smallest absolute Gasteiger partial charge is 0.407 e. The zero-order valence-electron chi connectivity index (χ0n) is 15.6. The minimum Gasteiger partial charge on any atom is -0.444 e. The molecular formula is C16H33N2O5P. The molecule has 7 nitrogen and oxygen atoms in total. The van der Waals surface area contributed by atoms with Gasteiger partial charge in [-0.25, -0.2) is 4.79 Å². The first-order valence-electron chi connectivity index (χ1n) is 8.72. The minimum absolute atomic E-state index is 0.0976. The van der Waals surface area contributed by atoms with E-state index in [0.717, 1.165) is 38.8 Å². The fourth-order valence-corrected chi connectivity index (χ4v) is 3.55. The largest absolute Gasteiger partial charge is 0.444 e. The van der Waals surface area contributed by atoms with E-state index in [2.05, 4.69) is 24.1 Å². The van der Waals surface area contributed by atoms with Gasteiger partial charge in [0.05, 0.1) is 6.61 Å². The molecule has 1 amide bonds. The summed E-state index contributed by atoms with van der Waals surface area (Å²) in [6, 6.07) is 0.0976. The molecule has 1 unspecified atom stereocenters. The van der Waals surface area contributed by atoms with Crippen molar-refractivity contribution in [2.45, 2.75) is 77.5 Å². The predicted octanol–water partition coefficient (Wildman–Crippen LogP) is 2.93. The van der Waals surface area contributed by atoms with Crippen LogP contribution >= 0.6 is 8.25 Å². The summed E-state index contributed by atoms with van der Waals surface area (Å²) in [7, 11) is -2.92. The molecule has 2 N–H and O–H groups in total. The Hall–Kier alpha value is -0.620. The summed E-state index contributed by atoms with van der Waals surface area (Å²) in [5.74, 6) is 0. The molecule has 1 saturated heterocycles. The number of rotatable bonds is 7. The number of nitrogens with one attached hydrogen (secondary N) is 1. The van der Waals surface area contributed by atoms with Crippen molar-refractivity contribution in [1.29, 1.82) is 0 Å². The third-order valence-corrected chi connectivity index (χ3v) is 5.06. The summed E-state index contributed by atoms with van der Waals surface area (Å²) in [5, 5.41) is 2.93. The molecule has 0 radical (unpaired) electrons. The quantitative estimate of drug-likeness (QED) is 0.675. The zero-order chi connectivity index (χ0) is 18.4. The highest BCUT2D eigenvalue weighted by Gasteiger charge is 2.37. The van der Waals surface area contributed by atoms with Crippen LogP contribution in [0.15, 0.2) is 0 Å². The first-order valence-corrected chi connectivity index (χ1v) is 9.98. The maximum Gasteiger partial charge on any atom is 0.407 e. The minimum atomic E-state index is -2.92. The van der Waals surface area contributed by atoms with Crippen LogP contribution in [0.4, 0.5) is 4.79 Å². The van der Waals surface area contributed by atoms with E-state index in [9.17, 15) is 9.36 Å². The number of carbonyl (C=O) groups is 1. The summed E-state index contributed by atoms with van der Waals surface area (Å²) in [5.41, 5.74) is -0.719. The summed E-state index contributed by atoms with van der Waals surface area (Å²) in [6.45, 7) is 11.6. The number of alkyl carbamates (subject to hydrolysis) is 1. The summed E-state index contributed by atoms with van der Waals surface area (Å²) < 4.78 is 21.3. The van der Waals surface area contributed by atoms with Gasteiger partial charge in [0.2, 0.25) is 0 Å². The van der Waals surface area contributed by atoms with Crippen LogP contribution in [0.25, 0.3) is 0 Å². The molecule has 24 heavy (non-hydrogen) atoms. The van der Waals surface area contributed by atoms with Crippen molar-refractivity contribution in [3.05, 3.63) is 0 Å². The number of amides is 1. The molecule has 0 aromatic carbocycles.